The first kappa shape index (κ1) is 12.3. The van der Waals surface area contributed by atoms with Crippen molar-refractivity contribution < 1.29 is 27.8 Å². The van der Waals surface area contributed by atoms with E-state index in [1.54, 1.807) is 0 Å². The molecule has 0 rings (SSSR count). The maximum Gasteiger partial charge on any atom is 0.366 e. The van der Waals surface area contributed by atoms with Gasteiger partial charge >= 0.3 is 11.9 Å². The fraction of sp³-hybridized carbons (Fsp3) is 0.250. The molecule has 0 aliphatic rings. The van der Waals surface area contributed by atoms with Crippen molar-refractivity contribution in [3.8, 4) is 0 Å². The number of hydrogen-bond acceptors (Lipinski definition) is 4. The van der Waals surface area contributed by atoms with Crippen LogP contribution in [0.3, 0.4) is 0 Å². The first-order valence-corrected chi connectivity index (χ1v) is 3.48. The number of hydrogen-bond donors (Lipinski definition) is 0. The molecule has 78 valence electrons. The SMILES string of the molecule is C=C(F)C(=O)OCCOC(=O)C(=C)F. The Morgan fingerprint density at radius 2 is 1.21 bits per heavy atom. The van der Waals surface area contributed by atoms with Gasteiger partial charge in [0.1, 0.15) is 13.2 Å². The van der Waals surface area contributed by atoms with Crippen molar-refractivity contribution in [2.75, 3.05) is 13.2 Å². The van der Waals surface area contributed by atoms with Crippen molar-refractivity contribution in [1.82, 2.24) is 0 Å². The standard InChI is InChI=1S/C8H8F2O4/c1-5(9)7(11)13-3-4-14-8(12)6(2)10/h1-4H2. The zero-order valence-electron chi connectivity index (χ0n) is 7.22. The summed E-state index contributed by atoms with van der Waals surface area (Å²) in [5.74, 6) is -5.02. The zero-order chi connectivity index (χ0) is 11.1. The predicted molar refractivity (Wildman–Crippen MR) is 42.4 cm³/mol. The van der Waals surface area contributed by atoms with Gasteiger partial charge in [-0.3, -0.25) is 0 Å². The van der Waals surface area contributed by atoms with E-state index in [0.717, 1.165) is 0 Å². The van der Waals surface area contributed by atoms with Gasteiger partial charge in [0.2, 0.25) is 11.7 Å². The van der Waals surface area contributed by atoms with Gasteiger partial charge in [-0.05, 0) is 0 Å². The predicted octanol–water partition coefficient (Wildman–Crippen LogP) is 1.04. The molecule has 0 radical (unpaired) electrons. The average molecular weight is 206 g/mol. The molecule has 0 aliphatic carbocycles. The first-order chi connectivity index (χ1) is 6.45. The molecule has 6 heteroatoms. The zero-order valence-corrected chi connectivity index (χ0v) is 7.22. The van der Waals surface area contributed by atoms with Crippen LogP contribution in [0.1, 0.15) is 0 Å². The minimum absolute atomic E-state index is 0.374. The van der Waals surface area contributed by atoms with Gasteiger partial charge in [-0.15, -0.1) is 0 Å². The normalized spacial score (nSPS) is 9.00. The van der Waals surface area contributed by atoms with Crippen LogP contribution < -0.4 is 0 Å². The summed E-state index contributed by atoms with van der Waals surface area (Å²) in [6.07, 6.45) is 0. The summed E-state index contributed by atoms with van der Waals surface area (Å²) in [7, 11) is 0. The van der Waals surface area contributed by atoms with Crippen LogP contribution in [0, 0.1) is 0 Å². The third-order valence-corrected chi connectivity index (χ3v) is 0.993. The summed E-state index contributed by atoms with van der Waals surface area (Å²) in [6, 6.07) is 0. The Bertz CT molecular complexity index is 245. The van der Waals surface area contributed by atoms with Crippen molar-refractivity contribution in [3.05, 3.63) is 24.8 Å². The van der Waals surface area contributed by atoms with Crippen LogP contribution in [0.5, 0.6) is 0 Å². The monoisotopic (exact) mass is 206 g/mol. The van der Waals surface area contributed by atoms with Gasteiger partial charge in [-0.2, -0.15) is 8.78 Å². The summed E-state index contributed by atoms with van der Waals surface area (Å²) in [4.78, 5) is 20.8. The second-order valence-corrected chi connectivity index (χ2v) is 2.08. The van der Waals surface area contributed by atoms with Gasteiger partial charge in [0.15, 0.2) is 0 Å². The Morgan fingerprint density at radius 3 is 1.43 bits per heavy atom. The smallest absolute Gasteiger partial charge is 0.366 e. The summed E-state index contributed by atoms with van der Waals surface area (Å²) in [6.45, 7) is 4.60. The Hall–Kier alpha value is -1.72. The second kappa shape index (κ2) is 5.85. The molecule has 0 unspecified atom stereocenters. The number of carbonyl (C=O) groups excluding carboxylic acids is 2. The van der Waals surface area contributed by atoms with E-state index < -0.39 is 23.6 Å². The summed E-state index contributed by atoms with van der Waals surface area (Å²) in [5.41, 5.74) is 0. The minimum Gasteiger partial charge on any atom is -0.457 e. The van der Waals surface area contributed by atoms with Crippen molar-refractivity contribution >= 4 is 11.9 Å². The van der Waals surface area contributed by atoms with Gasteiger partial charge in [0.05, 0.1) is 0 Å². The Kier molecular flexibility index (Phi) is 5.13. The number of carbonyl (C=O) groups is 2. The molecule has 0 amide bonds. The van der Waals surface area contributed by atoms with Crippen LogP contribution in [0.4, 0.5) is 8.78 Å². The van der Waals surface area contributed by atoms with E-state index in [9.17, 15) is 18.4 Å². The largest absolute Gasteiger partial charge is 0.457 e. The molecule has 0 aromatic carbocycles. The molecule has 0 bridgehead atoms. The lowest BCUT2D eigenvalue weighted by molar-refractivity contribution is -0.149. The number of halogens is 2. The Morgan fingerprint density at radius 1 is 0.929 bits per heavy atom. The molecule has 0 fully saturated rings. The molecular formula is C8H8F2O4. The summed E-state index contributed by atoms with van der Waals surface area (Å²) < 4.78 is 32.3. The van der Waals surface area contributed by atoms with E-state index in [1.165, 1.54) is 0 Å². The van der Waals surface area contributed by atoms with E-state index >= 15 is 0 Å². The van der Waals surface area contributed by atoms with Gasteiger partial charge in [-0.25, -0.2) is 9.59 Å². The van der Waals surface area contributed by atoms with E-state index in [-0.39, 0.29) is 13.2 Å². The lowest BCUT2D eigenvalue weighted by Crippen LogP contribution is -2.13. The number of rotatable bonds is 5. The molecule has 0 atom stereocenters. The molecule has 0 saturated carbocycles. The molecular weight excluding hydrogens is 198 g/mol. The van der Waals surface area contributed by atoms with Gasteiger partial charge in [0, 0.05) is 0 Å². The molecule has 0 aliphatic heterocycles. The molecule has 0 aromatic rings. The molecule has 0 saturated heterocycles. The minimum atomic E-state index is -1.26. The highest BCUT2D eigenvalue weighted by Gasteiger charge is 2.09. The van der Waals surface area contributed by atoms with Gasteiger partial charge in [-0.1, -0.05) is 13.2 Å². The maximum atomic E-state index is 12.0. The highest BCUT2D eigenvalue weighted by Crippen LogP contribution is 1.97. The van der Waals surface area contributed by atoms with E-state index in [2.05, 4.69) is 22.6 Å². The third-order valence-electron chi connectivity index (χ3n) is 0.993. The van der Waals surface area contributed by atoms with Crippen molar-refractivity contribution in [1.29, 1.82) is 0 Å². The van der Waals surface area contributed by atoms with Crippen molar-refractivity contribution in [2.24, 2.45) is 0 Å². The van der Waals surface area contributed by atoms with E-state index in [1.807, 2.05) is 0 Å². The molecule has 0 heterocycles. The number of ether oxygens (including phenoxy) is 2. The van der Waals surface area contributed by atoms with Crippen molar-refractivity contribution in [3.63, 3.8) is 0 Å². The van der Waals surface area contributed by atoms with Crippen LogP contribution in [0.25, 0.3) is 0 Å². The third kappa shape index (κ3) is 5.02. The van der Waals surface area contributed by atoms with Crippen molar-refractivity contribution in [2.45, 2.75) is 0 Å². The van der Waals surface area contributed by atoms with E-state index in [4.69, 9.17) is 0 Å². The molecule has 4 nitrogen and oxygen atoms in total. The van der Waals surface area contributed by atoms with Crippen LogP contribution in [0.2, 0.25) is 0 Å². The number of esters is 2. The summed E-state index contributed by atoms with van der Waals surface area (Å²) in [5, 5.41) is 0. The second-order valence-electron chi connectivity index (χ2n) is 2.08. The lowest BCUT2D eigenvalue weighted by atomic mass is 10.6. The Balaban J connectivity index is 3.57. The summed E-state index contributed by atoms with van der Waals surface area (Å²) >= 11 is 0. The topological polar surface area (TPSA) is 52.6 Å². The fourth-order valence-corrected chi connectivity index (χ4v) is 0.425. The first-order valence-electron chi connectivity index (χ1n) is 3.48. The van der Waals surface area contributed by atoms with Crippen LogP contribution in [0.15, 0.2) is 24.8 Å². The maximum absolute atomic E-state index is 12.0. The van der Waals surface area contributed by atoms with E-state index in [0.29, 0.717) is 0 Å². The van der Waals surface area contributed by atoms with Gasteiger partial charge in [0.25, 0.3) is 0 Å². The lowest BCUT2D eigenvalue weighted by Gasteiger charge is -2.03. The van der Waals surface area contributed by atoms with Crippen LogP contribution in [-0.2, 0) is 19.1 Å². The highest BCUT2D eigenvalue weighted by atomic mass is 19.1. The highest BCUT2D eigenvalue weighted by molar-refractivity contribution is 5.85. The fourth-order valence-electron chi connectivity index (χ4n) is 0.425. The molecule has 0 N–H and O–H groups in total. The van der Waals surface area contributed by atoms with Crippen LogP contribution >= 0.6 is 0 Å². The molecule has 0 aromatic heterocycles. The van der Waals surface area contributed by atoms with Gasteiger partial charge < -0.3 is 9.47 Å². The molecule has 0 spiro atoms. The van der Waals surface area contributed by atoms with Crippen LogP contribution in [-0.4, -0.2) is 25.2 Å². The molecule has 14 heavy (non-hydrogen) atoms. The Labute approximate surface area is 78.8 Å². The quantitative estimate of drug-likeness (QED) is 0.383. The average Bonchev–Trinajstić information content (AvgIpc) is 2.11.